The number of amides is 2. The Morgan fingerprint density at radius 2 is 1.72 bits per heavy atom. The van der Waals surface area contributed by atoms with Gasteiger partial charge in [0.25, 0.3) is 0 Å². The van der Waals surface area contributed by atoms with E-state index >= 15 is 0 Å². The average Bonchev–Trinajstić information content (AvgIpc) is 3.08. The Kier molecular flexibility index (Phi) is 6.07. The van der Waals surface area contributed by atoms with Crippen molar-refractivity contribution in [3.63, 3.8) is 0 Å². The van der Waals surface area contributed by atoms with E-state index in [0.717, 1.165) is 22.6 Å². The Morgan fingerprint density at radius 3 is 2.31 bits per heavy atom. The van der Waals surface area contributed by atoms with Gasteiger partial charge in [0.1, 0.15) is 0 Å². The number of imide groups is 1. The van der Waals surface area contributed by atoms with Gasteiger partial charge in [-0.1, -0.05) is 55.6 Å². The summed E-state index contributed by atoms with van der Waals surface area (Å²) in [5.41, 5.74) is 2.28. The van der Waals surface area contributed by atoms with Crippen LogP contribution in [0.2, 0.25) is 0 Å². The van der Waals surface area contributed by atoms with Gasteiger partial charge < -0.3 is 5.11 Å². The molecule has 2 N–H and O–H groups in total. The predicted molar refractivity (Wildman–Crippen MR) is 115 cm³/mol. The monoisotopic (exact) mass is 389 g/mol. The molecule has 0 radical (unpaired) electrons. The van der Waals surface area contributed by atoms with Crippen molar-refractivity contribution in [2.75, 3.05) is 0 Å². The van der Waals surface area contributed by atoms with Gasteiger partial charge in [-0.3, -0.25) is 19.7 Å². The summed E-state index contributed by atoms with van der Waals surface area (Å²) in [4.78, 5) is 31.0. The standard InChI is InChI=1S/C20H18O2.C4H5NO2/c1-3-14-11-12-17-15(5-4-6-18(21)22)9-10-16-8-7-13(2)19(14)20(16)17;6-3-1-2-4(7)5-3/h3,7-12H,1-2,4-6H2,(H,21,22);1-2H2,(H,5,6,7). The van der Waals surface area contributed by atoms with Gasteiger partial charge >= 0.3 is 5.97 Å². The molecule has 148 valence electrons. The van der Waals surface area contributed by atoms with E-state index in [1.54, 1.807) is 0 Å². The van der Waals surface area contributed by atoms with Crippen LogP contribution in [0.5, 0.6) is 0 Å². The fourth-order valence-corrected chi connectivity index (χ4v) is 3.63. The highest BCUT2D eigenvalue weighted by Crippen LogP contribution is 2.31. The van der Waals surface area contributed by atoms with Crippen LogP contribution in [0, 0.1) is 0 Å². The second-order valence-electron chi connectivity index (χ2n) is 7.05. The maximum absolute atomic E-state index is 10.7. The molecule has 0 aliphatic carbocycles. The van der Waals surface area contributed by atoms with Crippen LogP contribution < -0.4 is 10.5 Å². The summed E-state index contributed by atoms with van der Waals surface area (Å²) >= 11 is 0. The number of rotatable bonds is 5. The maximum Gasteiger partial charge on any atom is 0.303 e. The van der Waals surface area contributed by atoms with Gasteiger partial charge in [-0.15, -0.1) is 0 Å². The number of carboxylic acid groups (broad SMARTS) is 1. The van der Waals surface area contributed by atoms with Crippen molar-refractivity contribution in [3.05, 3.63) is 59.3 Å². The van der Waals surface area contributed by atoms with E-state index in [1.165, 1.54) is 21.7 Å². The quantitative estimate of drug-likeness (QED) is 0.653. The molecule has 4 rings (SSSR count). The van der Waals surface area contributed by atoms with Crippen LogP contribution in [0.15, 0.2) is 43.0 Å². The number of benzene rings is 3. The molecule has 2 amide bonds. The number of carbonyl (C=O) groups excluding carboxylic acids is 2. The highest BCUT2D eigenvalue weighted by atomic mass is 16.4. The lowest BCUT2D eigenvalue weighted by atomic mass is 9.91. The third-order valence-electron chi connectivity index (χ3n) is 5.04. The SMILES string of the molecule is C=Cc1ccc2c(CCCC(=O)O)ccc3ccc(=C)c1c32.O=C1CCC(=O)N1. The van der Waals surface area contributed by atoms with Crippen molar-refractivity contribution in [1.82, 2.24) is 5.32 Å². The van der Waals surface area contributed by atoms with Gasteiger partial charge in [0.05, 0.1) is 0 Å². The maximum atomic E-state index is 10.7. The number of carbonyl (C=O) groups is 3. The molecule has 0 aromatic heterocycles. The van der Waals surface area contributed by atoms with Crippen LogP contribution >= 0.6 is 0 Å². The van der Waals surface area contributed by atoms with Crippen LogP contribution in [0.4, 0.5) is 0 Å². The topological polar surface area (TPSA) is 83.5 Å². The molecule has 1 heterocycles. The molecule has 3 aromatic carbocycles. The molecule has 1 aliphatic heterocycles. The number of aryl methyl sites for hydroxylation is 1. The van der Waals surface area contributed by atoms with Gasteiger partial charge in [0, 0.05) is 19.3 Å². The Hall–Kier alpha value is -3.47. The first-order chi connectivity index (χ1) is 13.9. The summed E-state index contributed by atoms with van der Waals surface area (Å²) in [6.45, 7) is 8.04. The van der Waals surface area contributed by atoms with E-state index in [-0.39, 0.29) is 18.2 Å². The number of hydrogen-bond donors (Lipinski definition) is 2. The number of nitrogens with one attached hydrogen (secondary N) is 1. The molecule has 0 atom stereocenters. The van der Waals surface area contributed by atoms with Gasteiger partial charge in [0.15, 0.2) is 0 Å². The lowest BCUT2D eigenvalue weighted by Crippen LogP contribution is -2.18. The van der Waals surface area contributed by atoms with Crippen LogP contribution in [-0.2, 0) is 20.8 Å². The third kappa shape index (κ3) is 4.51. The molecule has 0 unspecified atom stereocenters. The van der Waals surface area contributed by atoms with Gasteiger partial charge in [-0.05, 0) is 50.7 Å². The van der Waals surface area contributed by atoms with Crippen molar-refractivity contribution in [1.29, 1.82) is 0 Å². The Balaban J connectivity index is 0.000000290. The summed E-state index contributed by atoms with van der Waals surface area (Å²) < 4.78 is 0. The molecule has 0 saturated carbocycles. The minimum absolute atomic E-state index is 0.148. The first-order valence-electron chi connectivity index (χ1n) is 9.53. The average molecular weight is 389 g/mol. The summed E-state index contributed by atoms with van der Waals surface area (Å²) in [6.07, 6.45) is 4.23. The second-order valence-corrected chi connectivity index (χ2v) is 7.05. The molecule has 1 saturated heterocycles. The van der Waals surface area contributed by atoms with Crippen LogP contribution in [0.1, 0.15) is 36.8 Å². The normalized spacial score (nSPS) is 13.2. The van der Waals surface area contributed by atoms with Gasteiger partial charge in [-0.2, -0.15) is 0 Å². The van der Waals surface area contributed by atoms with Gasteiger partial charge in [-0.25, -0.2) is 0 Å². The molecule has 5 heteroatoms. The number of carboxylic acids is 1. The van der Waals surface area contributed by atoms with Crippen molar-refractivity contribution >= 4 is 52.0 Å². The highest BCUT2D eigenvalue weighted by molar-refractivity contribution is 6.13. The van der Waals surface area contributed by atoms with E-state index in [9.17, 15) is 14.4 Å². The zero-order valence-corrected chi connectivity index (χ0v) is 16.2. The zero-order chi connectivity index (χ0) is 21.0. The van der Waals surface area contributed by atoms with Crippen molar-refractivity contribution in [2.24, 2.45) is 0 Å². The van der Waals surface area contributed by atoms with Crippen molar-refractivity contribution in [2.45, 2.75) is 32.1 Å². The van der Waals surface area contributed by atoms with Gasteiger partial charge in [0.2, 0.25) is 11.8 Å². The van der Waals surface area contributed by atoms with E-state index in [0.29, 0.717) is 19.3 Å². The predicted octanol–water partition coefficient (Wildman–Crippen LogP) is 3.60. The van der Waals surface area contributed by atoms with E-state index in [4.69, 9.17) is 5.11 Å². The molecular weight excluding hydrogens is 366 g/mol. The molecule has 0 bridgehead atoms. The number of aliphatic carboxylic acids is 1. The summed E-state index contributed by atoms with van der Waals surface area (Å²) in [5.74, 6) is -1.04. The van der Waals surface area contributed by atoms with Crippen LogP contribution in [0.3, 0.4) is 0 Å². The summed E-state index contributed by atoms with van der Waals surface area (Å²) in [6, 6.07) is 12.5. The van der Waals surface area contributed by atoms with E-state index < -0.39 is 5.97 Å². The highest BCUT2D eigenvalue weighted by Gasteiger charge is 2.15. The smallest absolute Gasteiger partial charge is 0.303 e. The lowest BCUT2D eigenvalue weighted by molar-refractivity contribution is -0.137. The van der Waals surface area contributed by atoms with Crippen molar-refractivity contribution in [3.8, 4) is 0 Å². The van der Waals surface area contributed by atoms with Crippen LogP contribution in [0.25, 0.3) is 34.2 Å². The summed E-state index contributed by atoms with van der Waals surface area (Å²) in [5, 5.41) is 16.7. The minimum Gasteiger partial charge on any atom is -0.481 e. The molecule has 1 aliphatic rings. The Morgan fingerprint density at radius 1 is 1.03 bits per heavy atom. The largest absolute Gasteiger partial charge is 0.481 e. The first kappa shape index (κ1) is 20.3. The minimum atomic E-state index is -0.743. The molecular formula is C24H23NO4. The fraction of sp³-hybridized carbons (Fsp3) is 0.208. The Labute approximate surface area is 168 Å². The lowest BCUT2D eigenvalue weighted by Gasteiger charge is -2.13. The Bertz CT molecular complexity index is 1150. The third-order valence-corrected chi connectivity index (χ3v) is 5.04. The zero-order valence-electron chi connectivity index (χ0n) is 16.2. The molecule has 29 heavy (non-hydrogen) atoms. The fourth-order valence-electron chi connectivity index (χ4n) is 3.63. The van der Waals surface area contributed by atoms with Crippen LogP contribution in [-0.4, -0.2) is 22.9 Å². The van der Waals surface area contributed by atoms with Crippen molar-refractivity contribution < 1.29 is 19.5 Å². The number of hydrogen-bond acceptors (Lipinski definition) is 3. The molecule has 0 spiro atoms. The summed E-state index contributed by atoms with van der Waals surface area (Å²) in [7, 11) is 0. The second kappa shape index (κ2) is 8.69. The molecule has 1 fully saturated rings. The van der Waals surface area contributed by atoms with E-state index in [2.05, 4.69) is 48.8 Å². The van der Waals surface area contributed by atoms with E-state index in [1.807, 2.05) is 12.1 Å². The molecule has 5 nitrogen and oxygen atoms in total. The molecule has 3 aromatic rings. The first-order valence-corrected chi connectivity index (χ1v) is 9.53.